The van der Waals surface area contributed by atoms with Gasteiger partial charge in [-0.3, -0.25) is 4.99 Å². The number of nitrogens with one attached hydrogen (secondary N) is 2. The van der Waals surface area contributed by atoms with Crippen molar-refractivity contribution < 1.29 is 4.99 Å². The van der Waals surface area contributed by atoms with Gasteiger partial charge in [0.25, 0.3) is 0 Å². The first-order chi connectivity index (χ1) is 6.36. The third kappa shape index (κ3) is 2.01. The molecule has 13 heavy (non-hydrogen) atoms. The van der Waals surface area contributed by atoms with E-state index in [1.54, 1.807) is 0 Å². The van der Waals surface area contributed by atoms with Gasteiger partial charge in [0.1, 0.15) is 5.69 Å². The van der Waals surface area contributed by atoms with Gasteiger partial charge in [0.15, 0.2) is 0 Å². The van der Waals surface area contributed by atoms with Crippen LogP contribution in [0.4, 0.5) is 5.69 Å². The lowest BCUT2D eigenvalue weighted by Gasteiger charge is -1.99. The topological polar surface area (TPSA) is 26.0 Å². The zero-order chi connectivity index (χ0) is 9.10. The van der Waals surface area contributed by atoms with E-state index >= 15 is 0 Å². The number of rotatable bonds is 1. The first-order valence-corrected chi connectivity index (χ1v) is 4.85. The number of hydrogen-bond acceptors (Lipinski definition) is 1. The van der Waals surface area contributed by atoms with E-state index in [1.165, 1.54) is 12.3 Å². The third-order valence-electron chi connectivity index (χ3n) is 2.10. The summed E-state index contributed by atoms with van der Waals surface area (Å²) in [6.45, 7) is 1.06. The molecule has 1 aliphatic rings. The normalized spacial score (nSPS) is 15.6. The maximum Gasteiger partial charge on any atom is 0.247 e. The number of benzene rings is 1. The van der Waals surface area contributed by atoms with Crippen molar-refractivity contribution in [3.63, 3.8) is 0 Å². The van der Waals surface area contributed by atoms with Crippen molar-refractivity contribution in [2.24, 2.45) is 0 Å². The van der Waals surface area contributed by atoms with E-state index < -0.39 is 0 Å². The van der Waals surface area contributed by atoms with Gasteiger partial charge in [0.2, 0.25) is 5.84 Å². The number of anilines is 1. The first kappa shape index (κ1) is 8.57. The van der Waals surface area contributed by atoms with E-state index in [4.69, 9.17) is 11.6 Å². The Morgan fingerprint density at radius 1 is 1.31 bits per heavy atom. The Hall–Kier alpha value is -1.02. The Morgan fingerprint density at radius 2 is 2.15 bits per heavy atom. The molecular formula is C10H12ClN2+. The predicted octanol–water partition coefficient (Wildman–Crippen LogP) is 1.02. The second-order valence-corrected chi connectivity index (χ2v) is 3.52. The van der Waals surface area contributed by atoms with E-state index in [0.29, 0.717) is 0 Å². The highest BCUT2D eigenvalue weighted by molar-refractivity contribution is 6.33. The summed E-state index contributed by atoms with van der Waals surface area (Å²) in [5.41, 5.74) is 0.980. The van der Waals surface area contributed by atoms with Crippen LogP contribution in [0.15, 0.2) is 24.3 Å². The van der Waals surface area contributed by atoms with Crippen LogP contribution in [0.5, 0.6) is 0 Å². The van der Waals surface area contributed by atoms with Crippen molar-refractivity contribution in [3.8, 4) is 0 Å². The zero-order valence-corrected chi connectivity index (χ0v) is 8.06. The van der Waals surface area contributed by atoms with Crippen LogP contribution in [0.2, 0.25) is 5.02 Å². The molecule has 0 unspecified atom stereocenters. The van der Waals surface area contributed by atoms with Crippen LogP contribution >= 0.6 is 11.6 Å². The van der Waals surface area contributed by atoms with Gasteiger partial charge < -0.3 is 0 Å². The summed E-state index contributed by atoms with van der Waals surface area (Å²) >= 11 is 6.00. The van der Waals surface area contributed by atoms with E-state index in [2.05, 4.69) is 10.3 Å². The molecule has 2 N–H and O–H groups in total. The molecule has 1 aliphatic heterocycles. The minimum Gasteiger partial charge on any atom is -0.278 e. The Kier molecular flexibility index (Phi) is 2.50. The largest absolute Gasteiger partial charge is 0.278 e. The molecule has 2 nitrogen and oxygen atoms in total. The van der Waals surface area contributed by atoms with Crippen molar-refractivity contribution in [2.75, 3.05) is 11.9 Å². The average Bonchev–Trinajstić information content (AvgIpc) is 2.61. The molecule has 0 aliphatic carbocycles. The average molecular weight is 196 g/mol. The van der Waals surface area contributed by atoms with E-state index in [0.717, 1.165) is 23.7 Å². The van der Waals surface area contributed by atoms with Crippen LogP contribution in [-0.4, -0.2) is 12.4 Å². The van der Waals surface area contributed by atoms with E-state index in [9.17, 15) is 0 Å². The lowest BCUT2D eigenvalue weighted by Crippen LogP contribution is -2.71. The summed E-state index contributed by atoms with van der Waals surface area (Å²) in [5, 5.41) is 4.05. The third-order valence-corrected chi connectivity index (χ3v) is 2.43. The quantitative estimate of drug-likeness (QED) is 0.688. The number of halogens is 1. The summed E-state index contributed by atoms with van der Waals surface area (Å²) < 4.78 is 0. The predicted molar refractivity (Wildman–Crippen MR) is 55.1 cm³/mol. The summed E-state index contributed by atoms with van der Waals surface area (Å²) in [4.78, 5) is 3.28. The molecule has 0 radical (unpaired) electrons. The van der Waals surface area contributed by atoms with Crippen molar-refractivity contribution in [2.45, 2.75) is 12.8 Å². The molecule has 0 spiro atoms. The molecule has 0 fully saturated rings. The molecule has 3 heteroatoms. The zero-order valence-electron chi connectivity index (χ0n) is 7.31. The molecule has 0 aromatic heterocycles. The standard InChI is InChI=1S/C10H11ClN2/c11-8-4-1-2-5-9(8)13-10-6-3-7-12-10/h1-2,4-5H,3,6-7H2,(H,12,13)/p+1. The fraction of sp³-hybridized carbons (Fsp3) is 0.300. The van der Waals surface area contributed by atoms with E-state index in [1.807, 2.05) is 24.3 Å². The number of para-hydroxylation sites is 1. The number of amidine groups is 1. The second kappa shape index (κ2) is 3.79. The SMILES string of the molecule is Clc1ccccc1NC1=[NH+]CCC1. The molecular weight excluding hydrogens is 184 g/mol. The fourth-order valence-corrected chi connectivity index (χ4v) is 1.61. The van der Waals surface area contributed by atoms with Crippen molar-refractivity contribution in [1.82, 2.24) is 0 Å². The molecule has 0 saturated heterocycles. The van der Waals surface area contributed by atoms with Gasteiger partial charge in [0.05, 0.1) is 18.0 Å². The maximum atomic E-state index is 6.00. The molecule has 0 bridgehead atoms. The molecule has 1 aromatic rings. The number of hydrogen-bond donors (Lipinski definition) is 2. The fourth-order valence-electron chi connectivity index (χ4n) is 1.42. The highest BCUT2D eigenvalue weighted by Crippen LogP contribution is 2.20. The Morgan fingerprint density at radius 3 is 2.85 bits per heavy atom. The van der Waals surface area contributed by atoms with Crippen molar-refractivity contribution in [3.05, 3.63) is 29.3 Å². The molecule has 68 valence electrons. The van der Waals surface area contributed by atoms with Gasteiger partial charge >= 0.3 is 0 Å². The van der Waals surface area contributed by atoms with Crippen LogP contribution in [-0.2, 0) is 0 Å². The first-order valence-electron chi connectivity index (χ1n) is 4.47. The highest BCUT2D eigenvalue weighted by Gasteiger charge is 2.14. The van der Waals surface area contributed by atoms with Crippen molar-refractivity contribution >= 4 is 23.1 Å². The maximum absolute atomic E-state index is 6.00. The Labute approximate surface area is 82.6 Å². The molecule has 1 heterocycles. The molecule has 1 aromatic carbocycles. The summed E-state index contributed by atoms with van der Waals surface area (Å²) in [6, 6.07) is 7.78. The molecule has 0 atom stereocenters. The molecule has 2 rings (SSSR count). The summed E-state index contributed by atoms with van der Waals surface area (Å²) in [7, 11) is 0. The monoisotopic (exact) mass is 195 g/mol. The lowest BCUT2D eigenvalue weighted by atomic mass is 10.3. The lowest BCUT2D eigenvalue weighted by molar-refractivity contribution is -0.447. The Bertz CT molecular complexity index is 333. The van der Waals surface area contributed by atoms with Gasteiger partial charge in [0, 0.05) is 0 Å². The van der Waals surface area contributed by atoms with Gasteiger partial charge in [-0.25, -0.2) is 5.32 Å². The van der Waals surface area contributed by atoms with Crippen LogP contribution < -0.4 is 10.3 Å². The van der Waals surface area contributed by atoms with Gasteiger partial charge in [-0.15, -0.1) is 0 Å². The second-order valence-electron chi connectivity index (χ2n) is 3.11. The minimum atomic E-state index is 0.767. The van der Waals surface area contributed by atoms with Gasteiger partial charge in [-0.05, 0) is 18.6 Å². The van der Waals surface area contributed by atoms with Crippen LogP contribution in [0.25, 0.3) is 0 Å². The minimum absolute atomic E-state index is 0.767. The van der Waals surface area contributed by atoms with Crippen LogP contribution in [0, 0.1) is 0 Å². The molecule has 0 saturated carbocycles. The van der Waals surface area contributed by atoms with E-state index in [-0.39, 0.29) is 0 Å². The Balaban J connectivity index is 2.13. The van der Waals surface area contributed by atoms with Gasteiger partial charge in [-0.1, -0.05) is 23.7 Å². The van der Waals surface area contributed by atoms with Crippen molar-refractivity contribution in [1.29, 1.82) is 0 Å². The van der Waals surface area contributed by atoms with Gasteiger partial charge in [-0.2, -0.15) is 0 Å². The molecule has 0 amide bonds. The summed E-state index contributed by atoms with van der Waals surface area (Å²) in [6.07, 6.45) is 2.29. The highest BCUT2D eigenvalue weighted by atomic mass is 35.5. The van der Waals surface area contributed by atoms with Crippen LogP contribution in [0.1, 0.15) is 12.8 Å². The van der Waals surface area contributed by atoms with Crippen LogP contribution in [0.3, 0.4) is 0 Å². The summed E-state index contributed by atoms with van der Waals surface area (Å²) in [5.74, 6) is 1.17. The smallest absolute Gasteiger partial charge is 0.247 e.